The molecule has 0 saturated heterocycles. The highest BCUT2D eigenvalue weighted by atomic mass is 16.5. The Morgan fingerprint density at radius 1 is 1.06 bits per heavy atom. The lowest BCUT2D eigenvalue weighted by Gasteiger charge is -2.14. The summed E-state index contributed by atoms with van der Waals surface area (Å²) in [5, 5.41) is 3.31. The molecule has 2 aromatic carbocycles. The van der Waals surface area contributed by atoms with Gasteiger partial charge in [0.1, 0.15) is 29.4 Å². The monoisotopic (exact) mass is 492 g/mol. The standard InChI is InChI=1S/C28H32N2O6/c1-17(2)7-8-20-15-22(10-12-25(20)35-19(4)31)27(32)29-23-16-21-9-11-24(34-14-13-30(5)6)18(3)26(21)36-28(23)33/h7,9-12,15-16H,8,13-14H2,1-6H3,(H,29,32). The van der Waals surface area contributed by atoms with Gasteiger partial charge in [-0.1, -0.05) is 11.6 Å². The van der Waals surface area contributed by atoms with Crippen molar-refractivity contribution in [1.82, 2.24) is 4.90 Å². The molecule has 0 aliphatic rings. The molecular weight excluding hydrogens is 460 g/mol. The maximum atomic E-state index is 13.0. The maximum Gasteiger partial charge on any atom is 0.360 e. The van der Waals surface area contributed by atoms with Crippen LogP contribution in [0.15, 0.2) is 57.3 Å². The van der Waals surface area contributed by atoms with Crippen molar-refractivity contribution in [3.63, 3.8) is 0 Å². The number of fused-ring (bicyclic) bond motifs is 1. The summed E-state index contributed by atoms with van der Waals surface area (Å²) in [6.45, 7) is 8.33. The van der Waals surface area contributed by atoms with Gasteiger partial charge in [-0.3, -0.25) is 9.59 Å². The number of amides is 1. The van der Waals surface area contributed by atoms with Gasteiger partial charge in [0.2, 0.25) is 0 Å². The molecule has 3 rings (SSSR count). The largest absolute Gasteiger partial charge is 0.492 e. The molecule has 0 aliphatic heterocycles. The third kappa shape index (κ3) is 6.82. The molecule has 36 heavy (non-hydrogen) atoms. The van der Waals surface area contributed by atoms with Gasteiger partial charge >= 0.3 is 11.6 Å². The van der Waals surface area contributed by atoms with E-state index in [1.165, 1.54) is 6.92 Å². The van der Waals surface area contributed by atoms with E-state index in [1.807, 2.05) is 51.9 Å². The number of ether oxygens (including phenoxy) is 2. The third-order valence-electron chi connectivity index (χ3n) is 5.45. The Bertz CT molecular complexity index is 1370. The molecule has 0 fully saturated rings. The van der Waals surface area contributed by atoms with Gasteiger partial charge in [-0.25, -0.2) is 4.79 Å². The lowest BCUT2D eigenvalue weighted by molar-refractivity contribution is -0.131. The van der Waals surface area contributed by atoms with Gasteiger partial charge in [0.25, 0.3) is 5.91 Å². The number of benzene rings is 2. The van der Waals surface area contributed by atoms with Gasteiger partial charge < -0.3 is 24.1 Å². The molecule has 8 nitrogen and oxygen atoms in total. The van der Waals surface area contributed by atoms with Crippen LogP contribution in [0.5, 0.6) is 11.5 Å². The molecule has 1 amide bonds. The van der Waals surface area contributed by atoms with Crippen molar-refractivity contribution in [3.05, 3.63) is 75.2 Å². The van der Waals surface area contributed by atoms with Crippen LogP contribution in [0.1, 0.15) is 42.3 Å². The van der Waals surface area contributed by atoms with Crippen molar-refractivity contribution in [1.29, 1.82) is 0 Å². The lowest BCUT2D eigenvalue weighted by atomic mass is 10.0. The minimum Gasteiger partial charge on any atom is -0.492 e. The molecule has 190 valence electrons. The van der Waals surface area contributed by atoms with Crippen LogP contribution in [0, 0.1) is 6.92 Å². The van der Waals surface area contributed by atoms with E-state index in [4.69, 9.17) is 13.9 Å². The molecule has 0 atom stereocenters. The molecule has 0 unspecified atom stereocenters. The van der Waals surface area contributed by atoms with Crippen LogP contribution in [0.3, 0.4) is 0 Å². The van der Waals surface area contributed by atoms with Crippen molar-refractivity contribution in [2.45, 2.75) is 34.1 Å². The fraction of sp³-hybridized carbons (Fsp3) is 0.321. The molecule has 1 aromatic heterocycles. The number of esters is 1. The Morgan fingerprint density at radius 3 is 2.44 bits per heavy atom. The van der Waals surface area contributed by atoms with Gasteiger partial charge in [0.05, 0.1) is 0 Å². The fourth-order valence-corrected chi connectivity index (χ4v) is 3.53. The zero-order chi connectivity index (χ0) is 26.4. The number of nitrogens with zero attached hydrogens (tertiary/aromatic N) is 1. The van der Waals surface area contributed by atoms with Gasteiger partial charge in [-0.2, -0.15) is 0 Å². The van der Waals surface area contributed by atoms with Crippen LogP contribution in [0.25, 0.3) is 11.0 Å². The van der Waals surface area contributed by atoms with Crippen molar-refractivity contribution < 1.29 is 23.5 Å². The fourth-order valence-electron chi connectivity index (χ4n) is 3.53. The number of likely N-dealkylation sites (N-methyl/N-ethyl adjacent to an activating group) is 1. The average molecular weight is 493 g/mol. The molecule has 0 saturated carbocycles. The van der Waals surface area contributed by atoms with E-state index >= 15 is 0 Å². The summed E-state index contributed by atoms with van der Waals surface area (Å²) in [5.74, 6) is 0.109. The van der Waals surface area contributed by atoms with Gasteiger partial charge in [0, 0.05) is 30.0 Å². The van der Waals surface area contributed by atoms with E-state index in [1.54, 1.807) is 30.3 Å². The molecule has 1 N–H and O–H groups in total. The van der Waals surface area contributed by atoms with Gasteiger partial charge in [-0.15, -0.1) is 0 Å². The van der Waals surface area contributed by atoms with Crippen LogP contribution in [-0.2, 0) is 11.2 Å². The number of rotatable bonds is 9. The molecule has 0 aliphatic carbocycles. The Hall–Kier alpha value is -3.91. The molecule has 3 aromatic rings. The van der Waals surface area contributed by atoms with Crippen LogP contribution >= 0.6 is 0 Å². The second-order valence-electron chi connectivity index (χ2n) is 9.06. The summed E-state index contributed by atoms with van der Waals surface area (Å²) in [6.07, 6.45) is 2.46. The molecule has 0 bridgehead atoms. The number of anilines is 1. The normalized spacial score (nSPS) is 10.9. The first-order valence-electron chi connectivity index (χ1n) is 11.7. The van der Waals surface area contributed by atoms with E-state index in [2.05, 4.69) is 5.32 Å². The Kier molecular flexibility index (Phi) is 8.66. The first-order valence-corrected chi connectivity index (χ1v) is 11.7. The number of aryl methyl sites for hydroxylation is 1. The second kappa shape index (κ2) is 11.7. The summed E-state index contributed by atoms with van der Waals surface area (Å²) >= 11 is 0. The Morgan fingerprint density at radius 2 is 1.78 bits per heavy atom. The Labute approximate surface area is 210 Å². The molecule has 8 heteroatoms. The third-order valence-corrected chi connectivity index (χ3v) is 5.45. The predicted molar refractivity (Wildman–Crippen MR) is 140 cm³/mol. The number of hydrogen-bond acceptors (Lipinski definition) is 7. The number of carbonyl (C=O) groups excluding carboxylic acids is 2. The first-order chi connectivity index (χ1) is 17.0. The summed E-state index contributed by atoms with van der Waals surface area (Å²) in [6, 6.07) is 9.97. The maximum absolute atomic E-state index is 13.0. The molecule has 1 heterocycles. The van der Waals surface area contributed by atoms with E-state index in [0.717, 1.165) is 12.1 Å². The second-order valence-corrected chi connectivity index (χ2v) is 9.06. The summed E-state index contributed by atoms with van der Waals surface area (Å²) < 4.78 is 16.7. The summed E-state index contributed by atoms with van der Waals surface area (Å²) in [7, 11) is 3.92. The lowest BCUT2D eigenvalue weighted by Crippen LogP contribution is -2.20. The highest BCUT2D eigenvalue weighted by molar-refractivity contribution is 6.05. The number of hydrogen-bond donors (Lipinski definition) is 1. The zero-order valence-electron chi connectivity index (χ0n) is 21.6. The summed E-state index contributed by atoms with van der Waals surface area (Å²) in [4.78, 5) is 39.1. The molecule has 0 radical (unpaired) electrons. The highest BCUT2D eigenvalue weighted by Gasteiger charge is 2.16. The Balaban J connectivity index is 1.86. The van der Waals surface area contributed by atoms with Gasteiger partial charge in [0.15, 0.2) is 0 Å². The highest BCUT2D eigenvalue weighted by Crippen LogP contribution is 2.28. The number of carbonyl (C=O) groups is 2. The van der Waals surface area contributed by atoms with E-state index in [-0.39, 0.29) is 5.69 Å². The van der Waals surface area contributed by atoms with Gasteiger partial charge in [-0.05, 0) is 83.2 Å². The minimum atomic E-state index is -0.661. The smallest absolute Gasteiger partial charge is 0.360 e. The SMILES string of the molecule is CC(=O)Oc1ccc(C(=O)Nc2cc3ccc(OCCN(C)C)c(C)c3oc2=O)cc1CC=C(C)C. The number of nitrogens with one attached hydrogen (secondary N) is 1. The van der Waals surface area contributed by atoms with Crippen LogP contribution in [0.2, 0.25) is 0 Å². The van der Waals surface area contributed by atoms with E-state index in [9.17, 15) is 14.4 Å². The number of allylic oxidation sites excluding steroid dienone is 2. The predicted octanol–water partition coefficient (Wildman–Crippen LogP) is 4.73. The topological polar surface area (TPSA) is 98.1 Å². The molecule has 0 spiro atoms. The minimum absolute atomic E-state index is 0.0306. The van der Waals surface area contributed by atoms with Crippen molar-refractivity contribution >= 4 is 28.5 Å². The summed E-state index contributed by atoms with van der Waals surface area (Å²) in [5.41, 5.74) is 2.59. The van der Waals surface area contributed by atoms with Crippen LogP contribution in [-0.4, -0.2) is 44.0 Å². The van der Waals surface area contributed by atoms with E-state index in [0.29, 0.717) is 52.2 Å². The van der Waals surface area contributed by atoms with Crippen molar-refractivity contribution in [2.24, 2.45) is 0 Å². The van der Waals surface area contributed by atoms with Crippen LogP contribution < -0.4 is 20.4 Å². The first kappa shape index (κ1) is 26.7. The van der Waals surface area contributed by atoms with Crippen LogP contribution in [0.4, 0.5) is 5.69 Å². The average Bonchev–Trinajstić information content (AvgIpc) is 2.80. The van der Waals surface area contributed by atoms with Crippen molar-refractivity contribution in [3.8, 4) is 11.5 Å². The quantitative estimate of drug-likeness (QED) is 0.200. The van der Waals surface area contributed by atoms with Crippen molar-refractivity contribution in [2.75, 3.05) is 32.6 Å². The molecular formula is C28H32N2O6. The van der Waals surface area contributed by atoms with E-state index < -0.39 is 17.5 Å². The zero-order valence-corrected chi connectivity index (χ0v) is 21.6.